The van der Waals surface area contributed by atoms with Crippen LogP contribution in [0.5, 0.6) is 5.75 Å². The second-order valence-corrected chi connectivity index (χ2v) is 12.2. The predicted molar refractivity (Wildman–Crippen MR) is 169 cm³/mol. The van der Waals surface area contributed by atoms with E-state index in [1.165, 1.54) is 29.2 Å². The molecule has 0 aliphatic rings. The molecular weight excluding hydrogens is 581 g/mol. The molecule has 0 aliphatic heterocycles. The van der Waals surface area contributed by atoms with Gasteiger partial charge in [-0.25, -0.2) is 12.8 Å². The highest BCUT2D eigenvalue weighted by atomic mass is 32.2. The standard InChI is InChI=1S/C34H36FN3O5S/c1-3-36-34(40)32(22-26-10-6-4-7-11-26)37(23-27-14-16-29(35)17-15-27)33(39)24-38(44(2,41)42)30-18-20-31(21-19-30)43-25-28-12-8-5-9-13-28/h4-21,32H,3,22-25H2,1-2H3,(H,36,40)/t32-/m1/s1. The molecular formula is C34H36FN3O5S. The molecule has 0 fully saturated rings. The molecule has 0 unspecified atom stereocenters. The zero-order chi connectivity index (χ0) is 31.5. The van der Waals surface area contributed by atoms with Crippen molar-refractivity contribution in [2.75, 3.05) is 23.7 Å². The van der Waals surface area contributed by atoms with Crippen LogP contribution < -0.4 is 14.4 Å². The Labute approximate surface area is 258 Å². The molecule has 230 valence electrons. The Balaban J connectivity index is 1.62. The van der Waals surface area contributed by atoms with E-state index in [0.717, 1.165) is 21.7 Å². The summed E-state index contributed by atoms with van der Waals surface area (Å²) in [7, 11) is -3.91. The van der Waals surface area contributed by atoms with Gasteiger partial charge in [0.2, 0.25) is 21.8 Å². The van der Waals surface area contributed by atoms with Gasteiger partial charge in [0.25, 0.3) is 0 Å². The quantitative estimate of drug-likeness (QED) is 0.216. The summed E-state index contributed by atoms with van der Waals surface area (Å²) in [6.45, 7) is 1.89. The number of ether oxygens (including phenoxy) is 1. The molecule has 0 spiro atoms. The molecule has 1 N–H and O–H groups in total. The van der Waals surface area contributed by atoms with Crippen molar-refractivity contribution >= 4 is 27.5 Å². The number of hydrogen-bond donors (Lipinski definition) is 1. The second-order valence-electron chi connectivity index (χ2n) is 10.3. The Hall–Kier alpha value is -4.70. The topological polar surface area (TPSA) is 96.0 Å². The molecule has 0 saturated carbocycles. The van der Waals surface area contributed by atoms with Gasteiger partial charge in [-0.05, 0) is 60.0 Å². The number of anilines is 1. The van der Waals surface area contributed by atoms with E-state index in [-0.39, 0.29) is 24.6 Å². The highest BCUT2D eigenvalue weighted by molar-refractivity contribution is 7.92. The minimum absolute atomic E-state index is 0.0301. The number of benzene rings is 4. The third-order valence-corrected chi connectivity index (χ3v) is 8.08. The van der Waals surface area contributed by atoms with Crippen LogP contribution in [0.2, 0.25) is 0 Å². The van der Waals surface area contributed by atoms with Crippen LogP contribution in [-0.2, 0) is 39.2 Å². The van der Waals surface area contributed by atoms with E-state index in [2.05, 4.69) is 5.32 Å². The molecule has 0 aliphatic carbocycles. The lowest BCUT2D eigenvalue weighted by molar-refractivity contribution is -0.140. The molecule has 44 heavy (non-hydrogen) atoms. The van der Waals surface area contributed by atoms with Crippen LogP contribution in [0.4, 0.5) is 10.1 Å². The van der Waals surface area contributed by atoms with Crippen LogP contribution in [0.1, 0.15) is 23.6 Å². The number of carbonyl (C=O) groups is 2. The van der Waals surface area contributed by atoms with Crippen molar-refractivity contribution in [3.05, 3.63) is 132 Å². The van der Waals surface area contributed by atoms with Gasteiger partial charge in [0.15, 0.2) is 0 Å². The van der Waals surface area contributed by atoms with E-state index in [1.807, 2.05) is 60.7 Å². The van der Waals surface area contributed by atoms with Crippen molar-refractivity contribution in [1.29, 1.82) is 0 Å². The van der Waals surface area contributed by atoms with Gasteiger partial charge in [0, 0.05) is 19.5 Å². The Morgan fingerprint density at radius 3 is 1.98 bits per heavy atom. The fraction of sp³-hybridized carbons (Fsp3) is 0.235. The van der Waals surface area contributed by atoms with E-state index >= 15 is 0 Å². The Kier molecular flexibility index (Phi) is 11.1. The van der Waals surface area contributed by atoms with Crippen LogP contribution in [0.25, 0.3) is 0 Å². The lowest BCUT2D eigenvalue weighted by atomic mass is 10.0. The fourth-order valence-electron chi connectivity index (χ4n) is 4.70. The largest absolute Gasteiger partial charge is 0.489 e. The Bertz CT molecular complexity index is 1620. The van der Waals surface area contributed by atoms with E-state index in [0.29, 0.717) is 24.5 Å². The summed E-state index contributed by atoms with van der Waals surface area (Å²) in [5.41, 5.74) is 2.67. The van der Waals surface area contributed by atoms with Crippen LogP contribution in [0.15, 0.2) is 109 Å². The van der Waals surface area contributed by atoms with Crippen LogP contribution in [-0.4, -0.2) is 50.5 Å². The zero-order valence-electron chi connectivity index (χ0n) is 24.7. The van der Waals surface area contributed by atoms with E-state index in [1.54, 1.807) is 31.2 Å². The SMILES string of the molecule is CCNC(=O)[C@@H](Cc1ccccc1)N(Cc1ccc(F)cc1)C(=O)CN(c1ccc(OCc2ccccc2)cc1)S(C)(=O)=O. The summed E-state index contributed by atoms with van der Waals surface area (Å²) in [6.07, 6.45) is 1.22. The normalized spacial score (nSPS) is 11.8. The lowest BCUT2D eigenvalue weighted by Crippen LogP contribution is -2.53. The Morgan fingerprint density at radius 1 is 0.818 bits per heavy atom. The molecule has 1 atom stereocenters. The number of halogens is 1. The summed E-state index contributed by atoms with van der Waals surface area (Å²) >= 11 is 0. The second kappa shape index (κ2) is 15.2. The number of nitrogens with one attached hydrogen (secondary N) is 1. The summed E-state index contributed by atoms with van der Waals surface area (Å²) in [5.74, 6) is -0.862. The number of nitrogens with zero attached hydrogens (tertiary/aromatic N) is 2. The molecule has 0 aromatic heterocycles. The number of carbonyl (C=O) groups excluding carboxylic acids is 2. The van der Waals surface area contributed by atoms with Gasteiger partial charge in [-0.1, -0.05) is 72.8 Å². The molecule has 0 radical (unpaired) electrons. The van der Waals surface area contributed by atoms with Gasteiger partial charge in [-0.15, -0.1) is 0 Å². The number of hydrogen-bond acceptors (Lipinski definition) is 5. The predicted octanol–water partition coefficient (Wildman–Crippen LogP) is 4.95. The van der Waals surface area contributed by atoms with Gasteiger partial charge >= 0.3 is 0 Å². The maximum Gasteiger partial charge on any atom is 0.244 e. The number of rotatable bonds is 14. The monoisotopic (exact) mass is 617 g/mol. The molecule has 4 aromatic carbocycles. The molecule has 8 nitrogen and oxygen atoms in total. The lowest BCUT2D eigenvalue weighted by Gasteiger charge is -2.33. The van der Waals surface area contributed by atoms with Crippen molar-refractivity contribution in [3.8, 4) is 5.75 Å². The van der Waals surface area contributed by atoms with Crippen LogP contribution in [0.3, 0.4) is 0 Å². The van der Waals surface area contributed by atoms with Gasteiger partial charge in [-0.2, -0.15) is 0 Å². The van der Waals surface area contributed by atoms with Crippen molar-refractivity contribution in [2.45, 2.75) is 32.5 Å². The average molecular weight is 618 g/mol. The van der Waals surface area contributed by atoms with Crippen LogP contribution in [0, 0.1) is 5.82 Å². The van der Waals surface area contributed by atoms with Gasteiger partial charge in [0.05, 0.1) is 11.9 Å². The first-order valence-electron chi connectivity index (χ1n) is 14.2. The number of sulfonamides is 1. The zero-order valence-corrected chi connectivity index (χ0v) is 25.5. The van der Waals surface area contributed by atoms with Crippen molar-refractivity contribution in [3.63, 3.8) is 0 Å². The van der Waals surface area contributed by atoms with Crippen molar-refractivity contribution in [2.24, 2.45) is 0 Å². The molecule has 0 bridgehead atoms. The number of amides is 2. The molecule has 0 heterocycles. The maximum atomic E-state index is 14.1. The smallest absolute Gasteiger partial charge is 0.244 e. The minimum atomic E-state index is -3.91. The average Bonchev–Trinajstić information content (AvgIpc) is 3.02. The highest BCUT2D eigenvalue weighted by Gasteiger charge is 2.32. The van der Waals surface area contributed by atoms with Crippen molar-refractivity contribution < 1.29 is 27.1 Å². The molecule has 2 amide bonds. The van der Waals surface area contributed by atoms with Gasteiger partial charge < -0.3 is 15.0 Å². The fourth-order valence-corrected chi connectivity index (χ4v) is 5.55. The third kappa shape index (κ3) is 9.15. The summed E-state index contributed by atoms with van der Waals surface area (Å²) in [6, 6.07) is 30.0. The maximum absolute atomic E-state index is 14.1. The molecule has 10 heteroatoms. The van der Waals surface area contributed by atoms with Gasteiger partial charge in [-0.3, -0.25) is 13.9 Å². The van der Waals surface area contributed by atoms with Crippen LogP contribution >= 0.6 is 0 Å². The first-order valence-corrected chi connectivity index (χ1v) is 16.1. The van der Waals surface area contributed by atoms with E-state index in [4.69, 9.17) is 4.74 Å². The van der Waals surface area contributed by atoms with Gasteiger partial charge in [0.1, 0.15) is 30.8 Å². The third-order valence-electron chi connectivity index (χ3n) is 6.94. The summed E-state index contributed by atoms with van der Waals surface area (Å²) in [5, 5.41) is 2.80. The molecule has 0 saturated heterocycles. The first kappa shape index (κ1) is 32.2. The summed E-state index contributed by atoms with van der Waals surface area (Å²) < 4.78 is 46.5. The van der Waals surface area contributed by atoms with E-state index in [9.17, 15) is 22.4 Å². The molecule has 4 rings (SSSR count). The molecule has 4 aromatic rings. The Morgan fingerprint density at radius 2 is 1.41 bits per heavy atom. The number of likely N-dealkylation sites (N-methyl/N-ethyl adjacent to an activating group) is 1. The van der Waals surface area contributed by atoms with Crippen molar-refractivity contribution in [1.82, 2.24) is 10.2 Å². The highest BCUT2D eigenvalue weighted by Crippen LogP contribution is 2.24. The van der Waals surface area contributed by atoms with E-state index < -0.39 is 34.3 Å². The minimum Gasteiger partial charge on any atom is -0.489 e. The summed E-state index contributed by atoms with van der Waals surface area (Å²) in [4.78, 5) is 28.8. The first-order chi connectivity index (χ1) is 21.1.